The van der Waals surface area contributed by atoms with Crippen molar-refractivity contribution in [2.45, 2.75) is 39.7 Å². The van der Waals surface area contributed by atoms with Crippen LogP contribution in [0.25, 0.3) is 0 Å². The summed E-state index contributed by atoms with van der Waals surface area (Å²) in [6.45, 7) is 5.44. The molecule has 0 aromatic carbocycles. The van der Waals surface area contributed by atoms with E-state index in [9.17, 15) is 4.79 Å². The monoisotopic (exact) mass is 225 g/mol. The van der Waals surface area contributed by atoms with Crippen LogP contribution in [0, 0.1) is 13.8 Å². The highest BCUT2D eigenvalue weighted by molar-refractivity contribution is 5.91. The number of aryl methyl sites for hydroxylation is 2. The number of rotatable bonds is 4. The Bertz CT molecular complexity index is 383. The molecule has 0 saturated carbocycles. The summed E-state index contributed by atoms with van der Waals surface area (Å²) >= 11 is 0. The lowest BCUT2D eigenvalue weighted by Crippen LogP contribution is -2.15. The normalized spacial score (nSPS) is 12.6. The van der Waals surface area contributed by atoms with E-state index in [2.05, 4.69) is 10.4 Å². The fraction of sp³-hybridized carbons (Fsp3) is 0.636. The van der Waals surface area contributed by atoms with Crippen LogP contribution in [-0.4, -0.2) is 26.9 Å². The molecule has 0 saturated heterocycles. The minimum absolute atomic E-state index is 0.0832. The van der Waals surface area contributed by atoms with Gasteiger partial charge in [-0.2, -0.15) is 5.10 Å². The first kappa shape index (κ1) is 12.7. The lowest BCUT2D eigenvalue weighted by Gasteiger charge is -2.06. The Morgan fingerprint density at radius 1 is 1.56 bits per heavy atom. The molecule has 1 amide bonds. The third-order valence-electron chi connectivity index (χ3n) is 2.56. The molecule has 1 rings (SSSR count). The zero-order valence-electron chi connectivity index (χ0n) is 10.2. The summed E-state index contributed by atoms with van der Waals surface area (Å²) < 4.78 is 1.74. The number of nitrogens with one attached hydrogen (secondary N) is 1. The first-order chi connectivity index (χ1) is 7.41. The van der Waals surface area contributed by atoms with Gasteiger partial charge in [0.05, 0.1) is 23.2 Å². The highest BCUT2D eigenvalue weighted by Gasteiger charge is 2.12. The van der Waals surface area contributed by atoms with Crippen LogP contribution in [0.3, 0.4) is 0 Å². The molecule has 0 aliphatic carbocycles. The van der Waals surface area contributed by atoms with Gasteiger partial charge in [0.2, 0.25) is 5.91 Å². The lowest BCUT2D eigenvalue weighted by atomic mass is 10.2. The number of anilines is 1. The third-order valence-corrected chi connectivity index (χ3v) is 2.56. The predicted molar refractivity (Wildman–Crippen MR) is 62.2 cm³/mol. The number of aromatic nitrogens is 2. The summed E-state index contributed by atoms with van der Waals surface area (Å²) in [6, 6.07) is 0. The zero-order chi connectivity index (χ0) is 12.3. The van der Waals surface area contributed by atoms with Crippen molar-refractivity contribution in [3.63, 3.8) is 0 Å². The number of carbonyl (C=O) groups is 1. The van der Waals surface area contributed by atoms with Crippen molar-refractivity contribution in [3.05, 3.63) is 11.4 Å². The molecule has 5 nitrogen and oxygen atoms in total. The van der Waals surface area contributed by atoms with Crippen LogP contribution in [0.2, 0.25) is 0 Å². The second-order valence-corrected chi connectivity index (χ2v) is 4.11. The zero-order valence-corrected chi connectivity index (χ0v) is 10.2. The summed E-state index contributed by atoms with van der Waals surface area (Å²) in [6.07, 6.45) is 0.358. The van der Waals surface area contributed by atoms with Crippen molar-refractivity contribution >= 4 is 11.6 Å². The third kappa shape index (κ3) is 3.06. The van der Waals surface area contributed by atoms with Gasteiger partial charge in [0.15, 0.2) is 0 Å². The second-order valence-electron chi connectivity index (χ2n) is 4.11. The van der Waals surface area contributed by atoms with Gasteiger partial charge in [0, 0.05) is 13.5 Å². The van der Waals surface area contributed by atoms with Gasteiger partial charge in [0.25, 0.3) is 0 Å². The highest BCUT2D eigenvalue weighted by Crippen LogP contribution is 2.18. The number of amides is 1. The average Bonchev–Trinajstić information content (AvgIpc) is 2.42. The number of aliphatic hydroxyl groups excluding tert-OH is 1. The predicted octanol–water partition coefficient (Wildman–Crippen LogP) is 1.14. The van der Waals surface area contributed by atoms with Gasteiger partial charge in [-0.15, -0.1) is 0 Å². The molecule has 5 heteroatoms. The van der Waals surface area contributed by atoms with Crippen molar-refractivity contribution in [2.24, 2.45) is 7.05 Å². The molecule has 1 unspecified atom stereocenters. The quantitative estimate of drug-likeness (QED) is 0.807. The summed E-state index contributed by atoms with van der Waals surface area (Å²) in [5, 5.41) is 16.1. The minimum atomic E-state index is -0.443. The maximum absolute atomic E-state index is 11.6. The molecule has 1 aromatic heterocycles. The maximum atomic E-state index is 11.6. The summed E-state index contributed by atoms with van der Waals surface area (Å²) in [7, 11) is 1.84. The van der Waals surface area contributed by atoms with Gasteiger partial charge in [-0.25, -0.2) is 0 Å². The van der Waals surface area contributed by atoms with E-state index >= 15 is 0 Å². The number of aliphatic hydroxyl groups is 1. The second kappa shape index (κ2) is 5.12. The number of carbonyl (C=O) groups excluding carboxylic acids is 1. The lowest BCUT2D eigenvalue weighted by molar-refractivity contribution is -0.116. The number of nitrogens with zero attached hydrogens (tertiary/aromatic N) is 2. The van der Waals surface area contributed by atoms with E-state index in [-0.39, 0.29) is 5.91 Å². The van der Waals surface area contributed by atoms with E-state index in [0.717, 1.165) is 17.1 Å². The molecule has 1 heterocycles. The molecular weight excluding hydrogens is 206 g/mol. The molecule has 0 aliphatic rings. The first-order valence-electron chi connectivity index (χ1n) is 5.40. The van der Waals surface area contributed by atoms with Crippen LogP contribution >= 0.6 is 0 Å². The number of hydrogen-bond donors (Lipinski definition) is 2. The van der Waals surface area contributed by atoms with Crippen LogP contribution < -0.4 is 5.32 Å². The Morgan fingerprint density at radius 2 is 2.19 bits per heavy atom. The maximum Gasteiger partial charge on any atom is 0.224 e. The van der Waals surface area contributed by atoms with E-state index in [0.29, 0.717) is 12.8 Å². The van der Waals surface area contributed by atoms with Crippen LogP contribution in [0.4, 0.5) is 5.69 Å². The van der Waals surface area contributed by atoms with Gasteiger partial charge < -0.3 is 10.4 Å². The van der Waals surface area contributed by atoms with Gasteiger partial charge in [-0.05, 0) is 27.2 Å². The fourth-order valence-electron chi connectivity index (χ4n) is 1.50. The highest BCUT2D eigenvalue weighted by atomic mass is 16.3. The molecule has 1 atom stereocenters. The molecule has 0 spiro atoms. The SMILES string of the molecule is Cc1nn(C)c(C)c1NC(=O)CCC(C)O. The van der Waals surface area contributed by atoms with E-state index in [1.54, 1.807) is 11.6 Å². The fourth-order valence-corrected chi connectivity index (χ4v) is 1.50. The van der Waals surface area contributed by atoms with Crippen molar-refractivity contribution in [1.82, 2.24) is 9.78 Å². The summed E-state index contributed by atoms with van der Waals surface area (Å²) in [4.78, 5) is 11.6. The first-order valence-corrected chi connectivity index (χ1v) is 5.40. The standard InChI is InChI=1S/C11H19N3O2/c1-7(15)5-6-10(16)12-11-8(2)13-14(4)9(11)3/h7,15H,5-6H2,1-4H3,(H,12,16). The Labute approximate surface area is 95.5 Å². The molecular formula is C11H19N3O2. The topological polar surface area (TPSA) is 67.2 Å². The van der Waals surface area contributed by atoms with Crippen molar-refractivity contribution in [1.29, 1.82) is 0 Å². The van der Waals surface area contributed by atoms with Gasteiger partial charge in [-0.1, -0.05) is 0 Å². The Balaban J connectivity index is 2.63. The van der Waals surface area contributed by atoms with Gasteiger partial charge >= 0.3 is 0 Å². The molecule has 90 valence electrons. The van der Waals surface area contributed by atoms with Crippen molar-refractivity contribution in [2.75, 3.05) is 5.32 Å². The molecule has 0 radical (unpaired) electrons. The average molecular weight is 225 g/mol. The molecule has 2 N–H and O–H groups in total. The minimum Gasteiger partial charge on any atom is -0.393 e. The largest absolute Gasteiger partial charge is 0.393 e. The van der Waals surface area contributed by atoms with Gasteiger partial charge in [0.1, 0.15) is 0 Å². The molecule has 0 aliphatic heterocycles. The van der Waals surface area contributed by atoms with Crippen molar-refractivity contribution in [3.8, 4) is 0 Å². The van der Waals surface area contributed by atoms with Crippen molar-refractivity contribution < 1.29 is 9.90 Å². The van der Waals surface area contributed by atoms with Crippen LogP contribution in [-0.2, 0) is 11.8 Å². The van der Waals surface area contributed by atoms with Crippen LogP contribution in [0.1, 0.15) is 31.2 Å². The van der Waals surface area contributed by atoms with E-state index in [1.165, 1.54) is 0 Å². The molecule has 0 bridgehead atoms. The molecule has 16 heavy (non-hydrogen) atoms. The van der Waals surface area contributed by atoms with Crippen LogP contribution in [0.15, 0.2) is 0 Å². The summed E-state index contributed by atoms with van der Waals surface area (Å²) in [5.41, 5.74) is 2.52. The van der Waals surface area contributed by atoms with E-state index < -0.39 is 6.10 Å². The smallest absolute Gasteiger partial charge is 0.224 e. The molecule has 0 fully saturated rings. The Kier molecular flexibility index (Phi) is 4.06. The Morgan fingerprint density at radius 3 is 2.62 bits per heavy atom. The number of hydrogen-bond acceptors (Lipinski definition) is 3. The van der Waals surface area contributed by atoms with Gasteiger partial charge in [-0.3, -0.25) is 9.48 Å². The molecule has 1 aromatic rings. The summed E-state index contributed by atoms with van der Waals surface area (Å²) in [5.74, 6) is -0.0832. The van der Waals surface area contributed by atoms with Crippen LogP contribution in [0.5, 0.6) is 0 Å². The van der Waals surface area contributed by atoms with E-state index in [1.807, 2.05) is 20.9 Å². The Hall–Kier alpha value is -1.36. The van der Waals surface area contributed by atoms with E-state index in [4.69, 9.17) is 5.11 Å².